The Hall–Kier alpha value is -2.12. The van der Waals surface area contributed by atoms with Crippen LogP contribution in [0.3, 0.4) is 0 Å². The highest BCUT2D eigenvalue weighted by Gasteiger charge is 2.48. The number of carbonyl (C=O) groups is 1. The number of methoxy groups -OCH3 is 1. The van der Waals surface area contributed by atoms with Crippen molar-refractivity contribution in [1.82, 2.24) is 10.2 Å². The van der Waals surface area contributed by atoms with Gasteiger partial charge in [0.25, 0.3) is 0 Å². The van der Waals surface area contributed by atoms with Crippen LogP contribution in [0.4, 0.5) is 23.7 Å². The van der Waals surface area contributed by atoms with Gasteiger partial charge in [0, 0.05) is 25.4 Å². The van der Waals surface area contributed by atoms with Gasteiger partial charge in [-0.05, 0) is 43.7 Å². The number of nitrogens with zero attached hydrogens (tertiary/aromatic N) is 1. The van der Waals surface area contributed by atoms with E-state index < -0.39 is 42.5 Å². The molecule has 2 saturated heterocycles. The Morgan fingerprint density at radius 2 is 2.00 bits per heavy atom. The summed E-state index contributed by atoms with van der Waals surface area (Å²) >= 11 is 0. The lowest BCUT2D eigenvalue weighted by Crippen LogP contribution is -2.53. The Labute approximate surface area is 183 Å². The first-order chi connectivity index (χ1) is 15.2. The van der Waals surface area contributed by atoms with Gasteiger partial charge in [-0.2, -0.15) is 0 Å². The summed E-state index contributed by atoms with van der Waals surface area (Å²) in [4.78, 5) is 14.4. The molecule has 2 aliphatic heterocycles. The van der Waals surface area contributed by atoms with Gasteiger partial charge in [-0.15, -0.1) is 13.2 Å². The van der Waals surface area contributed by atoms with Crippen LogP contribution >= 0.6 is 0 Å². The third-order valence-electron chi connectivity index (χ3n) is 5.62. The number of alkyl halides is 3. The number of amides is 2. The molecule has 5 atom stereocenters. The van der Waals surface area contributed by atoms with Gasteiger partial charge >= 0.3 is 12.4 Å². The number of ether oxygens (including phenoxy) is 3. The number of halogens is 3. The van der Waals surface area contributed by atoms with Crippen molar-refractivity contribution in [3.05, 3.63) is 24.3 Å². The van der Waals surface area contributed by atoms with Crippen molar-refractivity contribution in [3.63, 3.8) is 0 Å². The first kappa shape index (κ1) is 24.5. The molecular weight excluding hydrogens is 435 g/mol. The second-order valence-corrected chi connectivity index (χ2v) is 7.77. The SMILES string of the molecule is COCC1CCCN1C1C(CNC(=O)Nc2ccc(OC(F)(F)F)cc2)OC(CO)C1O. The summed E-state index contributed by atoms with van der Waals surface area (Å²) in [7, 11) is 1.61. The summed E-state index contributed by atoms with van der Waals surface area (Å²) in [5.41, 5.74) is 0.272. The smallest absolute Gasteiger partial charge is 0.406 e. The Balaban J connectivity index is 1.57. The van der Waals surface area contributed by atoms with Crippen molar-refractivity contribution in [1.29, 1.82) is 0 Å². The van der Waals surface area contributed by atoms with Crippen molar-refractivity contribution in [2.75, 3.05) is 38.7 Å². The normalized spacial score (nSPS) is 28.6. The molecule has 4 N–H and O–H groups in total. The molecule has 12 heteroatoms. The summed E-state index contributed by atoms with van der Waals surface area (Å²) in [6.45, 7) is 0.957. The molecule has 0 saturated carbocycles. The second-order valence-electron chi connectivity index (χ2n) is 7.77. The largest absolute Gasteiger partial charge is 0.573 e. The van der Waals surface area contributed by atoms with Gasteiger partial charge in [0.05, 0.1) is 25.4 Å². The van der Waals surface area contributed by atoms with E-state index in [-0.39, 0.29) is 24.9 Å². The van der Waals surface area contributed by atoms with E-state index in [9.17, 15) is 28.2 Å². The van der Waals surface area contributed by atoms with Gasteiger partial charge < -0.3 is 35.1 Å². The minimum Gasteiger partial charge on any atom is -0.406 e. The Kier molecular flexibility index (Phi) is 8.17. The van der Waals surface area contributed by atoms with Crippen LogP contribution in [0.1, 0.15) is 12.8 Å². The molecule has 0 spiro atoms. The molecule has 2 fully saturated rings. The fourth-order valence-electron chi connectivity index (χ4n) is 4.29. The Morgan fingerprint density at radius 3 is 2.62 bits per heavy atom. The van der Waals surface area contributed by atoms with Gasteiger partial charge in [-0.3, -0.25) is 4.90 Å². The lowest BCUT2D eigenvalue weighted by atomic mass is 10.0. The van der Waals surface area contributed by atoms with Gasteiger partial charge in [0.2, 0.25) is 0 Å². The maximum absolute atomic E-state index is 12.3. The van der Waals surface area contributed by atoms with E-state index in [2.05, 4.69) is 20.3 Å². The lowest BCUT2D eigenvalue weighted by Gasteiger charge is -2.34. The molecule has 2 amide bonds. The number of urea groups is 1. The van der Waals surface area contributed by atoms with E-state index in [0.29, 0.717) is 6.61 Å². The molecule has 180 valence electrons. The molecule has 0 aliphatic carbocycles. The van der Waals surface area contributed by atoms with E-state index in [0.717, 1.165) is 31.5 Å². The maximum Gasteiger partial charge on any atom is 0.573 e. The molecule has 5 unspecified atom stereocenters. The molecule has 1 aromatic rings. The molecule has 0 bridgehead atoms. The quantitative estimate of drug-likeness (QED) is 0.460. The van der Waals surface area contributed by atoms with Gasteiger partial charge in [-0.25, -0.2) is 4.79 Å². The van der Waals surface area contributed by atoms with E-state index in [4.69, 9.17) is 9.47 Å². The third-order valence-corrected chi connectivity index (χ3v) is 5.62. The summed E-state index contributed by atoms with van der Waals surface area (Å²) < 4.78 is 51.6. The molecule has 32 heavy (non-hydrogen) atoms. The average molecular weight is 463 g/mol. The van der Waals surface area contributed by atoms with Crippen molar-refractivity contribution >= 4 is 11.7 Å². The number of benzene rings is 1. The lowest BCUT2D eigenvalue weighted by molar-refractivity contribution is -0.274. The molecular formula is C20H28F3N3O6. The number of hydrogen-bond donors (Lipinski definition) is 4. The van der Waals surface area contributed by atoms with Crippen LogP contribution in [0.2, 0.25) is 0 Å². The first-order valence-electron chi connectivity index (χ1n) is 10.3. The number of hydrogen-bond acceptors (Lipinski definition) is 7. The third kappa shape index (κ3) is 6.23. The van der Waals surface area contributed by atoms with Crippen LogP contribution in [0, 0.1) is 0 Å². The standard InChI is InChI=1S/C20H28F3N3O6/c1-30-11-13-3-2-8-26(13)17-15(31-16(10-27)18(17)28)9-24-19(29)25-12-4-6-14(7-5-12)32-20(21,22)23/h4-7,13,15-18,27-28H,2-3,8-11H2,1H3,(H2,24,25,29). The summed E-state index contributed by atoms with van der Waals surface area (Å²) in [6.07, 6.45) is -5.19. The average Bonchev–Trinajstić information content (AvgIpc) is 3.30. The predicted molar refractivity (Wildman–Crippen MR) is 107 cm³/mol. The number of anilines is 1. The van der Waals surface area contributed by atoms with E-state index in [1.54, 1.807) is 7.11 Å². The molecule has 2 aliphatic rings. The van der Waals surface area contributed by atoms with Crippen LogP contribution < -0.4 is 15.4 Å². The summed E-state index contributed by atoms with van der Waals surface area (Å²) in [5.74, 6) is -0.397. The second kappa shape index (κ2) is 10.7. The zero-order valence-electron chi connectivity index (χ0n) is 17.5. The van der Waals surface area contributed by atoms with Crippen LogP contribution in [0.5, 0.6) is 5.75 Å². The summed E-state index contributed by atoms with van der Waals surface area (Å²) in [6, 6.07) is 3.83. The van der Waals surface area contributed by atoms with Gasteiger partial charge in [0.15, 0.2) is 0 Å². The molecule has 9 nitrogen and oxygen atoms in total. The number of nitrogens with one attached hydrogen (secondary N) is 2. The van der Waals surface area contributed by atoms with Crippen molar-refractivity contribution in [3.8, 4) is 5.75 Å². The van der Waals surface area contributed by atoms with Crippen molar-refractivity contribution < 1.29 is 42.4 Å². The van der Waals surface area contributed by atoms with Crippen molar-refractivity contribution in [2.24, 2.45) is 0 Å². The molecule has 3 rings (SSSR count). The predicted octanol–water partition coefficient (Wildman–Crippen LogP) is 1.31. The van der Waals surface area contributed by atoms with Crippen LogP contribution in [-0.4, -0.2) is 91.3 Å². The van der Waals surface area contributed by atoms with Crippen LogP contribution in [0.15, 0.2) is 24.3 Å². The zero-order chi connectivity index (χ0) is 23.3. The zero-order valence-corrected chi connectivity index (χ0v) is 17.5. The van der Waals surface area contributed by atoms with Crippen LogP contribution in [0.25, 0.3) is 0 Å². The van der Waals surface area contributed by atoms with Crippen LogP contribution in [-0.2, 0) is 9.47 Å². The van der Waals surface area contributed by atoms with E-state index >= 15 is 0 Å². The highest BCUT2D eigenvalue weighted by atomic mass is 19.4. The van der Waals surface area contributed by atoms with Gasteiger partial charge in [0.1, 0.15) is 18.0 Å². The minimum atomic E-state index is -4.79. The number of rotatable bonds is 8. The molecule has 0 aromatic heterocycles. The topological polar surface area (TPSA) is 113 Å². The minimum absolute atomic E-state index is 0.0650. The molecule has 1 aromatic carbocycles. The highest BCUT2D eigenvalue weighted by molar-refractivity contribution is 5.89. The molecule has 2 heterocycles. The highest BCUT2D eigenvalue weighted by Crippen LogP contribution is 2.31. The number of aliphatic hydroxyl groups excluding tert-OH is 2. The summed E-state index contributed by atoms with van der Waals surface area (Å²) in [5, 5.41) is 25.4. The Morgan fingerprint density at radius 1 is 1.28 bits per heavy atom. The number of likely N-dealkylation sites (tertiary alicyclic amines) is 1. The number of carbonyl (C=O) groups excluding carboxylic acids is 1. The van der Waals surface area contributed by atoms with Gasteiger partial charge in [-0.1, -0.05) is 0 Å². The van der Waals surface area contributed by atoms with Crippen molar-refractivity contribution in [2.45, 2.75) is 49.6 Å². The number of aliphatic hydroxyl groups is 2. The maximum atomic E-state index is 12.3. The van der Waals surface area contributed by atoms with E-state index in [1.165, 1.54) is 12.1 Å². The fourth-order valence-corrected chi connectivity index (χ4v) is 4.29. The van der Waals surface area contributed by atoms with E-state index in [1.807, 2.05) is 0 Å². The molecule has 0 radical (unpaired) electrons. The Bertz CT molecular complexity index is 751. The first-order valence-corrected chi connectivity index (χ1v) is 10.3. The fraction of sp³-hybridized carbons (Fsp3) is 0.650. The monoisotopic (exact) mass is 463 g/mol.